The highest BCUT2D eigenvalue weighted by Gasteiger charge is 2.18. The summed E-state index contributed by atoms with van der Waals surface area (Å²) < 4.78 is 1.65. The van der Waals surface area contributed by atoms with E-state index >= 15 is 0 Å². The van der Waals surface area contributed by atoms with Crippen LogP contribution in [-0.2, 0) is 11.8 Å². The molecule has 0 radical (unpaired) electrons. The quantitative estimate of drug-likeness (QED) is 0.811. The minimum absolute atomic E-state index is 0.136. The molecule has 20 heavy (non-hydrogen) atoms. The first-order valence-electron chi connectivity index (χ1n) is 7.30. The molecule has 6 heteroatoms. The first kappa shape index (κ1) is 15.0. The number of likely N-dealkylation sites (tertiary alicyclic amines) is 1. The highest BCUT2D eigenvalue weighted by Crippen LogP contribution is 2.15. The van der Waals surface area contributed by atoms with Crippen LogP contribution in [0.3, 0.4) is 0 Å². The molecule has 1 aromatic heterocycles. The van der Waals surface area contributed by atoms with Gasteiger partial charge in [0.1, 0.15) is 6.04 Å². The molecular formula is C14H25N5O. The van der Waals surface area contributed by atoms with E-state index in [4.69, 9.17) is 5.73 Å². The maximum Gasteiger partial charge on any atom is 0.241 e. The van der Waals surface area contributed by atoms with E-state index in [1.54, 1.807) is 17.1 Å². The van der Waals surface area contributed by atoms with Crippen LogP contribution in [0.25, 0.3) is 0 Å². The fourth-order valence-corrected chi connectivity index (χ4v) is 2.48. The summed E-state index contributed by atoms with van der Waals surface area (Å²) in [4.78, 5) is 14.4. The van der Waals surface area contributed by atoms with Gasteiger partial charge in [-0.2, -0.15) is 5.10 Å². The number of carbonyl (C=O) groups is 1. The SMILES string of the molecule is CC1CCN(CCNC(=O)C(N)c2cnn(C)c2)CC1. The minimum Gasteiger partial charge on any atom is -0.353 e. The summed E-state index contributed by atoms with van der Waals surface area (Å²) in [6, 6.07) is -0.634. The van der Waals surface area contributed by atoms with Gasteiger partial charge in [-0.05, 0) is 31.8 Å². The van der Waals surface area contributed by atoms with Crippen LogP contribution in [0.15, 0.2) is 12.4 Å². The number of hydrogen-bond acceptors (Lipinski definition) is 4. The maximum absolute atomic E-state index is 12.0. The fraction of sp³-hybridized carbons (Fsp3) is 0.714. The number of rotatable bonds is 5. The Hall–Kier alpha value is -1.40. The molecule has 0 aliphatic carbocycles. The van der Waals surface area contributed by atoms with Gasteiger partial charge >= 0.3 is 0 Å². The topological polar surface area (TPSA) is 76.2 Å². The van der Waals surface area contributed by atoms with E-state index < -0.39 is 6.04 Å². The molecule has 1 amide bonds. The van der Waals surface area contributed by atoms with Crippen LogP contribution in [0.1, 0.15) is 31.4 Å². The van der Waals surface area contributed by atoms with Crippen molar-refractivity contribution in [1.29, 1.82) is 0 Å². The largest absolute Gasteiger partial charge is 0.353 e. The van der Waals surface area contributed by atoms with Gasteiger partial charge in [-0.25, -0.2) is 0 Å². The number of aryl methyl sites for hydroxylation is 1. The average Bonchev–Trinajstić information content (AvgIpc) is 2.86. The second-order valence-corrected chi connectivity index (χ2v) is 5.74. The summed E-state index contributed by atoms with van der Waals surface area (Å²) in [5, 5.41) is 6.94. The van der Waals surface area contributed by atoms with Crippen LogP contribution in [0.4, 0.5) is 0 Å². The van der Waals surface area contributed by atoms with E-state index in [1.807, 2.05) is 7.05 Å². The van der Waals surface area contributed by atoms with E-state index in [0.717, 1.165) is 31.1 Å². The third-order valence-corrected chi connectivity index (χ3v) is 3.97. The zero-order chi connectivity index (χ0) is 14.5. The predicted octanol–water partition coefficient (Wildman–Crippen LogP) is 0.268. The molecule has 2 heterocycles. The Labute approximate surface area is 120 Å². The minimum atomic E-state index is -0.634. The summed E-state index contributed by atoms with van der Waals surface area (Å²) in [6.07, 6.45) is 5.92. The fourth-order valence-electron chi connectivity index (χ4n) is 2.48. The van der Waals surface area contributed by atoms with Gasteiger partial charge in [0.25, 0.3) is 0 Å². The van der Waals surface area contributed by atoms with Crippen LogP contribution in [0.2, 0.25) is 0 Å². The van der Waals surface area contributed by atoms with Crippen LogP contribution >= 0.6 is 0 Å². The maximum atomic E-state index is 12.0. The standard InChI is InChI=1S/C14H25N5O/c1-11-3-6-19(7-4-11)8-5-16-14(20)13(15)12-9-17-18(2)10-12/h9-11,13H,3-8,15H2,1-2H3,(H,16,20). The summed E-state index contributed by atoms with van der Waals surface area (Å²) in [5.41, 5.74) is 6.66. The molecule has 1 aliphatic rings. The van der Waals surface area contributed by atoms with Gasteiger partial charge < -0.3 is 16.0 Å². The van der Waals surface area contributed by atoms with Crippen molar-refractivity contribution in [2.45, 2.75) is 25.8 Å². The van der Waals surface area contributed by atoms with Gasteiger partial charge in [-0.3, -0.25) is 9.48 Å². The summed E-state index contributed by atoms with van der Waals surface area (Å²) >= 11 is 0. The highest BCUT2D eigenvalue weighted by atomic mass is 16.2. The number of nitrogens with zero attached hydrogens (tertiary/aromatic N) is 3. The molecule has 112 valence electrons. The average molecular weight is 279 g/mol. The molecule has 1 saturated heterocycles. The Balaban J connectivity index is 1.70. The van der Waals surface area contributed by atoms with Crippen LogP contribution in [0, 0.1) is 5.92 Å². The zero-order valence-electron chi connectivity index (χ0n) is 12.4. The third-order valence-electron chi connectivity index (χ3n) is 3.97. The normalized spacial score (nSPS) is 18.9. The molecule has 3 N–H and O–H groups in total. The Morgan fingerprint density at radius 3 is 2.85 bits per heavy atom. The summed E-state index contributed by atoms with van der Waals surface area (Å²) in [5.74, 6) is 0.697. The smallest absolute Gasteiger partial charge is 0.241 e. The summed E-state index contributed by atoms with van der Waals surface area (Å²) in [7, 11) is 1.81. The Morgan fingerprint density at radius 1 is 1.55 bits per heavy atom. The number of aromatic nitrogens is 2. The van der Waals surface area contributed by atoms with Gasteiger partial charge in [0, 0.05) is 31.9 Å². The van der Waals surface area contributed by atoms with Crippen molar-refractivity contribution in [3.8, 4) is 0 Å². The molecule has 0 spiro atoms. The van der Waals surface area contributed by atoms with Crippen LogP contribution in [0.5, 0.6) is 0 Å². The molecule has 0 saturated carbocycles. The van der Waals surface area contributed by atoms with Gasteiger partial charge in [0.05, 0.1) is 6.20 Å². The Bertz CT molecular complexity index is 437. The van der Waals surface area contributed by atoms with Gasteiger partial charge in [-0.15, -0.1) is 0 Å². The van der Waals surface area contributed by atoms with Crippen molar-refractivity contribution in [3.63, 3.8) is 0 Å². The molecule has 1 aromatic rings. The number of carbonyl (C=O) groups excluding carboxylic acids is 1. The lowest BCUT2D eigenvalue weighted by molar-refractivity contribution is -0.122. The molecule has 0 aromatic carbocycles. The number of nitrogens with one attached hydrogen (secondary N) is 1. The van der Waals surface area contributed by atoms with Crippen LogP contribution < -0.4 is 11.1 Å². The Kier molecular flexibility index (Phi) is 5.14. The van der Waals surface area contributed by atoms with Crippen molar-refractivity contribution in [1.82, 2.24) is 20.0 Å². The van der Waals surface area contributed by atoms with Crippen LogP contribution in [-0.4, -0.2) is 46.8 Å². The molecule has 0 bridgehead atoms. The van der Waals surface area contributed by atoms with E-state index in [2.05, 4.69) is 22.2 Å². The monoisotopic (exact) mass is 279 g/mol. The number of amides is 1. The number of piperidine rings is 1. The first-order chi connectivity index (χ1) is 9.56. The van der Waals surface area contributed by atoms with E-state index in [0.29, 0.717) is 6.54 Å². The zero-order valence-corrected chi connectivity index (χ0v) is 12.4. The lowest BCUT2D eigenvalue weighted by Gasteiger charge is -2.30. The molecule has 1 fully saturated rings. The molecule has 6 nitrogen and oxygen atoms in total. The Morgan fingerprint density at radius 2 is 2.25 bits per heavy atom. The van der Waals surface area contributed by atoms with Crippen molar-refractivity contribution in [2.75, 3.05) is 26.2 Å². The predicted molar refractivity (Wildman–Crippen MR) is 78.0 cm³/mol. The molecular weight excluding hydrogens is 254 g/mol. The lowest BCUT2D eigenvalue weighted by atomic mass is 9.99. The van der Waals surface area contributed by atoms with Gasteiger partial charge in [-0.1, -0.05) is 6.92 Å². The summed E-state index contributed by atoms with van der Waals surface area (Å²) in [6.45, 7) is 6.11. The van der Waals surface area contributed by atoms with Crippen molar-refractivity contribution < 1.29 is 4.79 Å². The third kappa shape index (κ3) is 4.05. The first-order valence-corrected chi connectivity index (χ1v) is 7.30. The lowest BCUT2D eigenvalue weighted by Crippen LogP contribution is -2.41. The number of hydrogen-bond donors (Lipinski definition) is 2. The van der Waals surface area contributed by atoms with Gasteiger partial charge in [0.15, 0.2) is 0 Å². The number of nitrogens with two attached hydrogens (primary N) is 1. The highest BCUT2D eigenvalue weighted by molar-refractivity contribution is 5.82. The van der Waals surface area contributed by atoms with Crippen molar-refractivity contribution >= 4 is 5.91 Å². The molecule has 2 rings (SSSR count). The molecule has 1 atom stereocenters. The molecule has 1 unspecified atom stereocenters. The van der Waals surface area contributed by atoms with Gasteiger partial charge in [0.2, 0.25) is 5.91 Å². The second-order valence-electron chi connectivity index (χ2n) is 5.74. The van der Waals surface area contributed by atoms with E-state index in [9.17, 15) is 4.79 Å². The van der Waals surface area contributed by atoms with Crippen molar-refractivity contribution in [3.05, 3.63) is 18.0 Å². The second kappa shape index (κ2) is 6.85. The van der Waals surface area contributed by atoms with E-state index in [1.165, 1.54) is 12.8 Å². The van der Waals surface area contributed by atoms with Crippen molar-refractivity contribution in [2.24, 2.45) is 18.7 Å². The van der Waals surface area contributed by atoms with E-state index in [-0.39, 0.29) is 5.91 Å². The molecule has 1 aliphatic heterocycles.